The van der Waals surface area contributed by atoms with Gasteiger partial charge in [0.1, 0.15) is 0 Å². The lowest BCUT2D eigenvalue weighted by atomic mass is 9.92. The third-order valence-corrected chi connectivity index (χ3v) is 6.97. The Morgan fingerprint density at radius 3 is 1.32 bits per heavy atom. The summed E-state index contributed by atoms with van der Waals surface area (Å²) in [4.78, 5) is 29.3. The van der Waals surface area contributed by atoms with Gasteiger partial charge in [-0.25, -0.2) is 9.59 Å². The Hall–Kier alpha value is -2.36. The van der Waals surface area contributed by atoms with Crippen molar-refractivity contribution in [2.45, 2.75) is 124 Å². The summed E-state index contributed by atoms with van der Waals surface area (Å²) in [6, 6.07) is 8.34. The molecular weight excluding hydrogens is 510 g/mol. The van der Waals surface area contributed by atoms with Crippen LogP contribution in [0, 0.1) is 11.8 Å². The lowest BCUT2D eigenvalue weighted by molar-refractivity contribution is -0.0379. The van der Waals surface area contributed by atoms with Gasteiger partial charge in [-0.1, -0.05) is 58.0 Å². The third-order valence-electron chi connectivity index (χ3n) is 6.97. The average Bonchev–Trinajstić information content (AvgIpc) is 2.75. The predicted octanol–water partition coefficient (Wildman–Crippen LogP) is 5.60. The summed E-state index contributed by atoms with van der Waals surface area (Å²) in [5, 5.41) is 43.4. The molecule has 4 atom stereocenters. The van der Waals surface area contributed by atoms with E-state index in [4.69, 9.17) is 0 Å². The van der Waals surface area contributed by atoms with Gasteiger partial charge in [0.2, 0.25) is 0 Å². The second kappa shape index (κ2) is 15.0. The fourth-order valence-electron chi connectivity index (χ4n) is 5.51. The van der Waals surface area contributed by atoms with Gasteiger partial charge < -0.3 is 20.4 Å². The first-order chi connectivity index (χ1) is 18.2. The van der Waals surface area contributed by atoms with Crippen LogP contribution in [0.3, 0.4) is 0 Å². The van der Waals surface area contributed by atoms with Crippen molar-refractivity contribution in [3.8, 4) is 0 Å². The minimum atomic E-state index is -1.09. The van der Waals surface area contributed by atoms with Crippen LogP contribution < -0.4 is 0 Å². The maximum Gasteiger partial charge on any atom is 0.408 e. The van der Waals surface area contributed by atoms with Crippen molar-refractivity contribution in [3.05, 3.63) is 35.9 Å². The zero-order chi connectivity index (χ0) is 31.0. The number of carboxylic acid groups (broad SMARTS) is 2. The van der Waals surface area contributed by atoms with E-state index in [0.29, 0.717) is 19.4 Å². The molecule has 1 rings (SSSR count). The summed E-state index contributed by atoms with van der Waals surface area (Å²) in [5.74, 6) is 0.284. The summed E-state index contributed by atoms with van der Waals surface area (Å²) in [6.45, 7) is 19.5. The maximum atomic E-state index is 12.4. The van der Waals surface area contributed by atoms with Gasteiger partial charge in [0, 0.05) is 30.7 Å². The first kappa shape index (κ1) is 35.7. The number of aliphatic hydroxyl groups excluding tert-OH is 2. The Morgan fingerprint density at radius 1 is 0.700 bits per heavy atom. The molecule has 2 amide bonds. The fourth-order valence-corrected chi connectivity index (χ4v) is 5.51. The SMILES string of the molecule is CC(C)C[C@@H](C(O)CN(Cc1ccccc1)CC(O)[C@H](CC(C)C)N(C(=O)O)C(C)(C)C)N(C(=O)O)C(C)(C)C. The van der Waals surface area contributed by atoms with Crippen molar-refractivity contribution < 1.29 is 30.0 Å². The van der Waals surface area contributed by atoms with Crippen LogP contribution in [0.25, 0.3) is 0 Å². The molecule has 4 N–H and O–H groups in total. The van der Waals surface area contributed by atoms with Crippen molar-refractivity contribution in [1.82, 2.24) is 14.7 Å². The predicted molar refractivity (Wildman–Crippen MR) is 159 cm³/mol. The van der Waals surface area contributed by atoms with E-state index in [-0.39, 0.29) is 24.9 Å². The molecule has 40 heavy (non-hydrogen) atoms. The lowest BCUT2D eigenvalue weighted by Crippen LogP contribution is -2.59. The Kier molecular flexibility index (Phi) is 13.4. The molecule has 0 radical (unpaired) electrons. The highest BCUT2D eigenvalue weighted by molar-refractivity contribution is 5.67. The van der Waals surface area contributed by atoms with Crippen LogP contribution in [0.5, 0.6) is 0 Å². The number of nitrogens with zero attached hydrogens (tertiary/aromatic N) is 3. The Balaban J connectivity index is 3.45. The highest BCUT2D eigenvalue weighted by atomic mass is 16.4. The van der Waals surface area contributed by atoms with Gasteiger partial charge in [-0.3, -0.25) is 14.7 Å². The Labute approximate surface area is 241 Å². The molecule has 0 aromatic heterocycles. The van der Waals surface area contributed by atoms with Crippen LogP contribution in [0.2, 0.25) is 0 Å². The molecule has 0 spiro atoms. The molecule has 1 aromatic carbocycles. The monoisotopic (exact) mass is 565 g/mol. The van der Waals surface area contributed by atoms with Crippen LogP contribution in [0.4, 0.5) is 9.59 Å². The smallest absolute Gasteiger partial charge is 0.408 e. The van der Waals surface area contributed by atoms with E-state index in [1.54, 1.807) is 0 Å². The third kappa shape index (κ3) is 11.3. The van der Waals surface area contributed by atoms with E-state index in [9.17, 15) is 30.0 Å². The molecule has 0 saturated carbocycles. The van der Waals surface area contributed by atoms with Gasteiger partial charge in [-0.05, 0) is 71.8 Å². The molecule has 0 heterocycles. The number of amides is 2. The zero-order valence-corrected chi connectivity index (χ0v) is 26.3. The van der Waals surface area contributed by atoms with Gasteiger partial charge in [-0.2, -0.15) is 0 Å². The number of hydrogen-bond acceptors (Lipinski definition) is 5. The Morgan fingerprint density at radius 2 is 1.05 bits per heavy atom. The van der Waals surface area contributed by atoms with E-state index < -0.39 is 47.6 Å². The van der Waals surface area contributed by atoms with Crippen LogP contribution in [0.15, 0.2) is 30.3 Å². The van der Waals surface area contributed by atoms with Gasteiger partial charge >= 0.3 is 12.2 Å². The summed E-state index contributed by atoms with van der Waals surface area (Å²) in [5.41, 5.74) is -0.486. The topological polar surface area (TPSA) is 125 Å². The highest BCUT2D eigenvalue weighted by Crippen LogP contribution is 2.27. The molecule has 0 aliphatic rings. The van der Waals surface area contributed by atoms with Crippen LogP contribution in [-0.4, -0.2) is 95.8 Å². The van der Waals surface area contributed by atoms with Gasteiger partial charge in [0.25, 0.3) is 0 Å². The normalized spacial score (nSPS) is 15.7. The van der Waals surface area contributed by atoms with Crippen molar-refractivity contribution >= 4 is 12.2 Å². The van der Waals surface area contributed by atoms with E-state index in [1.165, 1.54) is 9.80 Å². The fraction of sp³-hybridized carbons (Fsp3) is 0.742. The molecule has 0 aliphatic heterocycles. The average molecular weight is 566 g/mol. The van der Waals surface area contributed by atoms with Gasteiger partial charge in [0.15, 0.2) is 0 Å². The van der Waals surface area contributed by atoms with Gasteiger partial charge in [0.05, 0.1) is 24.3 Å². The quantitative estimate of drug-likeness (QED) is 0.231. The molecule has 1 aromatic rings. The molecule has 0 bridgehead atoms. The molecule has 9 nitrogen and oxygen atoms in total. The number of hydrogen-bond donors (Lipinski definition) is 4. The van der Waals surface area contributed by atoms with Crippen LogP contribution in [0.1, 0.15) is 87.6 Å². The zero-order valence-electron chi connectivity index (χ0n) is 26.3. The largest absolute Gasteiger partial charge is 0.465 e. The van der Waals surface area contributed by atoms with Gasteiger partial charge in [-0.15, -0.1) is 0 Å². The van der Waals surface area contributed by atoms with Crippen LogP contribution in [-0.2, 0) is 6.54 Å². The van der Waals surface area contributed by atoms with E-state index in [0.717, 1.165) is 5.56 Å². The van der Waals surface area contributed by atoms with E-state index >= 15 is 0 Å². The first-order valence-corrected chi connectivity index (χ1v) is 14.4. The highest BCUT2D eigenvalue weighted by Gasteiger charge is 2.40. The van der Waals surface area contributed by atoms with E-state index in [2.05, 4.69) is 0 Å². The minimum absolute atomic E-state index is 0.111. The lowest BCUT2D eigenvalue weighted by Gasteiger charge is -2.45. The van der Waals surface area contributed by atoms with E-state index in [1.807, 2.05) is 104 Å². The number of rotatable bonds is 14. The summed E-state index contributed by atoms with van der Waals surface area (Å²) in [7, 11) is 0. The first-order valence-electron chi connectivity index (χ1n) is 14.4. The second-order valence-electron chi connectivity index (χ2n) is 13.9. The number of carbonyl (C=O) groups is 2. The molecule has 0 saturated heterocycles. The number of aliphatic hydroxyl groups is 2. The van der Waals surface area contributed by atoms with Crippen molar-refractivity contribution in [1.29, 1.82) is 0 Å². The maximum absolute atomic E-state index is 12.4. The van der Waals surface area contributed by atoms with Crippen LogP contribution >= 0.6 is 0 Å². The molecule has 9 heteroatoms. The van der Waals surface area contributed by atoms with Crippen molar-refractivity contribution in [2.75, 3.05) is 13.1 Å². The standard InChI is InChI=1S/C31H55N3O6/c1-21(2)16-24(33(28(37)38)30(5,6)7)26(35)19-32(18-23-14-12-11-13-15-23)20-27(36)25(17-22(3)4)34(29(39)40)31(8,9)10/h11-15,21-22,24-27,35-36H,16-20H2,1-10H3,(H,37,38)(H,39,40)/t24-,25-,26?,27?/m0/s1. The molecule has 0 fully saturated rings. The second-order valence-corrected chi connectivity index (χ2v) is 13.9. The van der Waals surface area contributed by atoms with Crippen molar-refractivity contribution in [2.24, 2.45) is 11.8 Å². The minimum Gasteiger partial charge on any atom is -0.465 e. The molecule has 230 valence electrons. The Bertz CT molecular complexity index is 856. The summed E-state index contributed by atoms with van der Waals surface area (Å²) < 4.78 is 0. The summed E-state index contributed by atoms with van der Waals surface area (Å²) >= 11 is 0. The molecule has 0 aliphatic carbocycles. The van der Waals surface area contributed by atoms with Crippen molar-refractivity contribution in [3.63, 3.8) is 0 Å². The molecular formula is C31H55N3O6. The summed E-state index contributed by atoms with van der Waals surface area (Å²) in [6.07, 6.45) is -3.30. The number of benzene rings is 1. The molecule has 2 unspecified atom stereocenters.